The molecule has 8 heteroatoms. The Bertz CT molecular complexity index is 597. The molecule has 2 aromatic rings. The largest absolute Gasteiger partial charge is 0.352 e. The Labute approximate surface area is 154 Å². The number of nitrogens with one attached hydrogen (secondary N) is 2. The topological polar surface area (TPSA) is 71.8 Å². The van der Waals surface area contributed by atoms with Gasteiger partial charge in [-0.25, -0.2) is 9.67 Å². The van der Waals surface area contributed by atoms with Crippen molar-refractivity contribution in [3.63, 3.8) is 0 Å². The van der Waals surface area contributed by atoms with Crippen LogP contribution in [0.15, 0.2) is 36.9 Å². The number of carbonyl (C=O) groups excluding carboxylic acids is 1. The van der Waals surface area contributed by atoms with Crippen molar-refractivity contribution in [2.24, 2.45) is 5.92 Å². The molecule has 0 bridgehead atoms. The quantitative estimate of drug-likeness (QED) is 0.815. The highest BCUT2D eigenvalue weighted by molar-refractivity contribution is 5.85. The number of carbonyl (C=O) groups is 1. The van der Waals surface area contributed by atoms with E-state index in [9.17, 15) is 4.79 Å². The first kappa shape index (κ1) is 20.4. The third kappa shape index (κ3) is 5.78. The SMILES string of the molecule is Cl.Cl.O=C(CCC1CCNC1)NCc1ccc(-n2cncn2)cc1. The van der Waals surface area contributed by atoms with E-state index in [0.717, 1.165) is 30.8 Å². The minimum Gasteiger partial charge on any atom is -0.352 e. The van der Waals surface area contributed by atoms with Crippen molar-refractivity contribution in [1.82, 2.24) is 25.4 Å². The molecule has 1 unspecified atom stereocenters. The van der Waals surface area contributed by atoms with E-state index >= 15 is 0 Å². The van der Waals surface area contributed by atoms with Crippen LogP contribution in [-0.4, -0.2) is 33.8 Å². The van der Waals surface area contributed by atoms with E-state index in [1.54, 1.807) is 11.0 Å². The average Bonchev–Trinajstić information content (AvgIpc) is 3.24. The van der Waals surface area contributed by atoms with Gasteiger partial charge in [0.05, 0.1) is 5.69 Å². The highest BCUT2D eigenvalue weighted by Crippen LogP contribution is 2.14. The van der Waals surface area contributed by atoms with Crippen molar-refractivity contribution in [3.8, 4) is 5.69 Å². The first-order chi connectivity index (χ1) is 10.8. The number of benzene rings is 1. The van der Waals surface area contributed by atoms with Crippen LogP contribution in [0.4, 0.5) is 0 Å². The molecule has 0 saturated carbocycles. The molecule has 3 rings (SSSR count). The molecule has 1 aromatic carbocycles. The normalized spacial score (nSPS) is 16.1. The van der Waals surface area contributed by atoms with Crippen molar-refractivity contribution in [3.05, 3.63) is 42.5 Å². The third-order valence-electron chi connectivity index (χ3n) is 4.05. The summed E-state index contributed by atoms with van der Waals surface area (Å²) in [5.41, 5.74) is 2.04. The van der Waals surface area contributed by atoms with Crippen LogP contribution in [0.5, 0.6) is 0 Å². The zero-order chi connectivity index (χ0) is 15.2. The lowest BCUT2D eigenvalue weighted by Gasteiger charge is -2.09. The molecule has 0 radical (unpaired) electrons. The maximum absolute atomic E-state index is 11.9. The van der Waals surface area contributed by atoms with Crippen LogP contribution in [0.3, 0.4) is 0 Å². The van der Waals surface area contributed by atoms with Gasteiger partial charge in [-0.2, -0.15) is 5.10 Å². The molecule has 0 aliphatic carbocycles. The highest BCUT2D eigenvalue weighted by Gasteiger charge is 2.15. The fourth-order valence-electron chi connectivity index (χ4n) is 2.69. The minimum atomic E-state index is 0. The molecule has 2 heterocycles. The summed E-state index contributed by atoms with van der Waals surface area (Å²) < 4.78 is 1.71. The van der Waals surface area contributed by atoms with Gasteiger partial charge < -0.3 is 10.6 Å². The van der Waals surface area contributed by atoms with Crippen LogP contribution >= 0.6 is 24.8 Å². The summed E-state index contributed by atoms with van der Waals surface area (Å²) in [6.45, 7) is 2.71. The summed E-state index contributed by atoms with van der Waals surface area (Å²) >= 11 is 0. The van der Waals surface area contributed by atoms with Gasteiger partial charge in [-0.1, -0.05) is 12.1 Å². The molecule has 6 nitrogen and oxygen atoms in total. The Morgan fingerprint density at radius 1 is 1.29 bits per heavy atom. The van der Waals surface area contributed by atoms with Crippen LogP contribution in [0, 0.1) is 5.92 Å². The van der Waals surface area contributed by atoms with E-state index in [2.05, 4.69) is 20.7 Å². The lowest BCUT2D eigenvalue weighted by Crippen LogP contribution is -2.23. The van der Waals surface area contributed by atoms with Crippen LogP contribution in [0.25, 0.3) is 5.69 Å². The average molecular weight is 372 g/mol. The molecule has 1 atom stereocenters. The van der Waals surface area contributed by atoms with E-state index < -0.39 is 0 Å². The molecule has 1 amide bonds. The molecular formula is C16H23Cl2N5O. The maximum Gasteiger partial charge on any atom is 0.220 e. The van der Waals surface area contributed by atoms with E-state index in [4.69, 9.17) is 0 Å². The molecule has 1 aromatic heterocycles. The van der Waals surface area contributed by atoms with Crippen LogP contribution in [-0.2, 0) is 11.3 Å². The lowest BCUT2D eigenvalue weighted by molar-refractivity contribution is -0.121. The summed E-state index contributed by atoms with van der Waals surface area (Å²) in [4.78, 5) is 15.8. The summed E-state index contributed by atoms with van der Waals surface area (Å²) in [6.07, 6.45) is 5.95. The molecule has 1 aliphatic heterocycles. The van der Waals surface area contributed by atoms with Gasteiger partial charge in [0.25, 0.3) is 0 Å². The summed E-state index contributed by atoms with van der Waals surface area (Å²) in [6, 6.07) is 7.94. The van der Waals surface area contributed by atoms with Gasteiger partial charge in [-0.15, -0.1) is 24.8 Å². The fourth-order valence-corrected chi connectivity index (χ4v) is 2.69. The number of hydrogen-bond donors (Lipinski definition) is 2. The maximum atomic E-state index is 11.9. The number of nitrogens with zero attached hydrogens (tertiary/aromatic N) is 3. The second-order valence-electron chi connectivity index (χ2n) is 5.68. The highest BCUT2D eigenvalue weighted by atomic mass is 35.5. The number of hydrogen-bond acceptors (Lipinski definition) is 4. The van der Waals surface area contributed by atoms with Crippen LogP contribution in [0.1, 0.15) is 24.8 Å². The van der Waals surface area contributed by atoms with Crippen LogP contribution in [0.2, 0.25) is 0 Å². The van der Waals surface area contributed by atoms with Gasteiger partial charge in [-0.05, 0) is 49.5 Å². The molecule has 132 valence electrons. The van der Waals surface area contributed by atoms with E-state index in [-0.39, 0.29) is 30.7 Å². The van der Waals surface area contributed by atoms with Crippen molar-refractivity contribution in [1.29, 1.82) is 0 Å². The number of halogens is 2. The number of aromatic nitrogens is 3. The van der Waals surface area contributed by atoms with Crippen LogP contribution < -0.4 is 10.6 Å². The second kappa shape index (κ2) is 10.3. The predicted octanol–water partition coefficient (Wildman–Crippen LogP) is 2.12. The molecule has 1 saturated heterocycles. The third-order valence-corrected chi connectivity index (χ3v) is 4.05. The number of amides is 1. The molecule has 0 spiro atoms. The standard InChI is InChI=1S/C16H21N5O.2ClH/c22-16(6-3-14-7-8-17-9-14)19-10-13-1-4-15(5-2-13)21-12-18-11-20-21;;/h1-2,4-5,11-12,14,17H,3,6-10H2,(H,19,22);2*1H. The molecule has 2 N–H and O–H groups in total. The molecular weight excluding hydrogens is 349 g/mol. The summed E-state index contributed by atoms with van der Waals surface area (Å²) in [5.74, 6) is 0.792. The fraction of sp³-hybridized carbons (Fsp3) is 0.438. The minimum absolute atomic E-state index is 0. The Balaban J connectivity index is 0.00000144. The Hall–Kier alpha value is -1.63. The van der Waals surface area contributed by atoms with Crippen molar-refractivity contribution < 1.29 is 4.79 Å². The smallest absolute Gasteiger partial charge is 0.220 e. The summed E-state index contributed by atoms with van der Waals surface area (Å²) in [7, 11) is 0. The molecule has 1 aliphatic rings. The number of rotatable bonds is 6. The van der Waals surface area contributed by atoms with Gasteiger partial charge in [0, 0.05) is 13.0 Å². The molecule has 24 heavy (non-hydrogen) atoms. The van der Waals surface area contributed by atoms with Crippen molar-refractivity contribution in [2.75, 3.05) is 13.1 Å². The summed E-state index contributed by atoms with van der Waals surface area (Å²) in [5, 5.41) is 10.4. The Morgan fingerprint density at radius 2 is 2.08 bits per heavy atom. The van der Waals surface area contributed by atoms with E-state index in [0.29, 0.717) is 18.9 Å². The van der Waals surface area contributed by atoms with Crippen molar-refractivity contribution in [2.45, 2.75) is 25.8 Å². The second-order valence-corrected chi connectivity index (χ2v) is 5.68. The zero-order valence-corrected chi connectivity index (χ0v) is 15.0. The lowest BCUT2D eigenvalue weighted by atomic mass is 10.0. The Morgan fingerprint density at radius 3 is 2.71 bits per heavy atom. The molecule has 1 fully saturated rings. The van der Waals surface area contributed by atoms with Gasteiger partial charge in [-0.3, -0.25) is 4.79 Å². The van der Waals surface area contributed by atoms with Gasteiger partial charge in [0.1, 0.15) is 12.7 Å². The van der Waals surface area contributed by atoms with Gasteiger partial charge in [0.2, 0.25) is 5.91 Å². The Kier molecular flexibility index (Phi) is 8.74. The van der Waals surface area contributed by atoms with Gasteiger partial charge >= 0.3 is 0 Å². The first-order valence-corrected chi connectivity index (χ1v) is 7.72. The van der Waals surface area contributed by atoms with E-state index in [1.807, 2.05) is 24.3 Å². The predicted molar refractivity (Wildman–Crippen MR) is 97.9 cm³/mol. The first-order valence-electron chi connectivity index (χ1n) is 7.72. The van der Waals surface area contributed by atoms with Gasteiger partial charge in [0.15, 0.2) is 0 Å². The monoisotopic (exact) mass is 371 g/mol. The van der Waals surface area contributed by atoms with Crippen molar-refractivity contribution >= 4 is 30.7 Å². The zero-order valence-electron chi connectivity index (χ0n) is 13.4. The van der Waals surface area contributed by atoms with E-state index in [1.165, 1.54) is 12.7 Å².